The van der Waals surface area contributed by atoms with Crippen LogP contribution in [0.2, 0.25) is 0 Å². The summed E-state index contributed by atoms with van der Waals surface area (Å²) < 4.78 is 58.1. The van der Waals surface area contributed by atoms with Crippen LogP contribution in [0.15, 0.2) is 0 Å². The van der Waals surface area contributed by atoms with Crippen LogP contribution >= 0.6 is 0 Å². The van der Waals surface area contributed by atoms with E-state index in [9.17, 15) is 16.8 Å². The Bertz CT molecular complexity index is 616. The lowest BCUT2D eigenvalue weighted by atomic mass is 10.2. The largest absolute Gasteiger partial charge is 0.379 e. The maximum absolute atomic E-state index is 12.2. The van der Waals surface area contributed by atoms with Crippen molar-refractivity contribution in [2.45, 2.75) is 12.5 Å². The van der Waals surface area contributed by atoms with E-state index in [0.717, 1.165) is 17.4 Å². The minimum atomic E-state index is -3.51. The molecule has 0 aromatic heterocycles. The minimum Gasteiger partial charge on any atom is -0.379 e. The van der Waals surface area contributed by atoms with Crippen molar-refractivity contribution in [1.82, 2.24) is 17.8 Å². The molecule has 0 bridgehead atoms. The highest BCUT2D eigenvalue weighted by atomic mass is 32.2. The van der Waals surface area contributed by atoms with Crippen LogP contribution in [-0.2, 0) is 25.0 Å². The third-order valence-electron chi connectivity index (χ3n) is 4.49. The summed E-state index contributed by atoms with van der Waals surface area (Å²) in [6.45, 7) is 4.47. The lowest BCUT2D eigenvalue weighted by molar-refractivity contribution is 0.0354. The molecule has 0 amide bonds. The first-order chi connectivity index (χ1) is 11.1. The second kappa shape index (κ2) is 7.94. The van der Waals surface area contributed by atoms with Crippen molar-refractivity contribution in [2.24, 2.45) is 0 Å². The molecule has 1 atom stereocenters. The van der Waals surface area contributed by atoms with Gasteiger partial charge >= 0.3 is 0 Å². The Kier molecular flexibility index (Phi) is 6.62. The predicted octanol–water partition coefficient (Wildman–Crippen LogP) is -1.54. The molecule has 2 saturated heterocycles. The summed E-state index contributed by atoms with van der Waals surface area (Å²) in [7, 11) is -3.94. The van der Waals surface area contributed by atoms with Crippen molar-refractivity contribution in [3.8, 4) is 0 Å². The van der Waals surface area contributed by atoms with Gasteiger partial charge in [-0.15, -0.1) is 0 Å². The standard InChI is InChI=1S/C13H28N4O5S2/c1-14(2)24(20,21)16-5-4-13(12-16)17(23(3,18)19)7-6-15-8-10-22-11-9-15/h13H,4-12H2,1-3H3. The highest BCUT2D eigenvalue weighted by Gasteiger charge is 2.38. The van der Waals surface area contributed by atoms with Gasteiger partial charge in [-0.2, -0.15) is 21.3 Å². The monoisotopic (exact) mass is 384 g/mol. The Morgan fingerprint density at radius 1 is 1.08 bits per heavy atom. The molecule has 9 nitrogen and oxygen atoms in total. The highest BCUT2D eigenvalue weighted by molar-refractivity contribution is 7.88. The fourth-order valence-corrected chi connectivity index (χ4v) is 5.36. The summed E-state index contributed by atoms with van der Waals surface area (Å²) in [5.41, 5.74) is 0. The van der Waals surface area contributed by atoms with Gasteiger partial charge in [-0.1, -0.05) is 0 Å². The average Bonchev–Trinajstić information content (AvgIpc) is 2.97. The van der Waals surface area contributed by atoms with Crippen LogP contribution in [0.25, 0.3) is 0 Å². The van der Waals surface area contributed by atoms with Crippen molar-refractivity contribution < 1.29 is 21.6 Å². The smallest absolute Gasteiger partial charge is 0.281 e. The molecule has 0 aliphatic carbocycles. The quantitative estimate of drug-likeness (QED) is 0.528. The van der Waals surface area contributed by atoms with Crippen LogP contribution in [0.4, 0.5) is 0 Å². The lowest BCUT2D eigenvalue weighted by Gasteiger charge is -2.31. The van der Waals surface area contributed by atoms with Crippen LogP contribution in [0.1, 0.15) is 6.42 Å². The molecule has 0 N–H and O–H groups in total. The van der Waals surface area contributed by atoms with Crippen molar-refractivity contribution in [1.29, 1.82) is 0 Å². The normalized spacial score (nSPS) is 25.0. The first-order valence-electron chi connectivity index (χ1n) is 8.07. The number of ether oxygens (including phenoxy) is 1. The number of nitrogens with zero attached hydrogens (tertiary/aromatic N) is 4. The van der Waals surface area contributed by atoms with Gasteiger partial charge in [0, 0.05) is 59.4 Å². The van der Waals surface area contributed by atoms with Crippen LogP contribution in [0.5, 0.6) is 0 Å². The fourth-order valence-electron chi connectivity index (χ4n) is 3.07. The van der Waals surface area contributed by atoms with Crippen LogP contribution in [0, 0.1) is 0 Å². The topological polar surface area (TPSA) is 90.5 Å². The molecule has 0 saturated carbocycles. The summed E-state index contributed by atoms with van der Waals surface area (Å²) in [6, 6.07) is -0.309. The number of hydrogen-bond donors (Lipinski definition) is 0. The second-order valence-electron chi connectivity index (χ2n) is 6.42. The zero-order valence-electron chi connectivity index (χ0n) is 14.6. The highest BCUT2D eigenvalue weighted by Crippen LogP contribution is 2.21. The molecule has 2 aliphatic heterocycles. The van der Waals surface area contributed by atoms with Crippen LogP contribution < -0.4 is 0 Å². The van der Waals surface area contributed by atoms with Gasteiger partial charge in [0.1, 0.15) is 0 Å². The third-order valence-corrected chi connectivity index (χ3v) is 7.73. The molecule has 2 aliphatic rings. The summed E-state index contributed by atoms with van der Waals surface area (Å²) in [5, 5.41) is 0. The Balaban J connectivity index is 2.01. The molecule has 0 aromatic carbocycles. The summed E-state index contributed by atoms with van der Waals surface area (Å²) in [6.07, 6.45) is 1.71. The first kappa shape index (κ1) is 20.0. The molecule has 142 valence electrons. The molecule has 1 unspecified atom stereocenters. The molecule has 0 spiro atoms. The van der Waals surface area contributed by atoms with Crippen molar-refractivity contribution in [3.63, 3.8) is 0 Å². The Morgan fingerprint density at radius 2 is 1.71 bits per heavy atom. The Hall–Kier alpha value is -0.300. The van der Waals surface area contributed by atoms with Crippen molar-refractivity contribution in [3.05, 3.63) is 0 Å². The fraction of sp³-hybridized carbons (Fsp3) is 1.00. The SMILES string of the molecule is CN(C)S(=O)(=O)N1CCC(N(CCN2CCOCC2)S(C)(=O)=O)C1. The Labute approximate surface area is 145 Å². The van der Waals surface area contributed by atoms with Gasteiger partial charge in [0.2, 0.25) is 10.0 Å². The van der Waals surface area contributed by atoms with E-state index < -0.39 is 20.2 Å². The predicted molar refractivity (Wildman–Crippen MR) is 91.4 cm³/mol. The molecule has 24 heavy (non-hydrogen) atoms. The van der Waals surface area contributed by atoms with E-state index >= 15 is 0 Å². The molecular weight excluding hydrogens is 356 g/mol. The van der Waals surface area contributed by atoms with Gasteiger partial charge in [-0.25, -0.2) is 8.42 Å². The zero-order chi connectivity index (χ0) is 18.0. The maximum Gasteiger partial charge on any atom is 0.281 e. The molecule has 2 heterocycles. The molecule has 2 rings (SSSR count). The van der Waals surface area contributed by atoms with E-state index in [1.165, 1.54) is 29.0 Å². The van der Waals surface area contributed by atoms with Crippen molar-refractivity contribution >= 4 is 20.2 Å². The van der Waals surface area contributed by atoms with E-state index in [0.29, 0.717) is 39.3 Å². The van der Waals surface area contributed by atoms with Crippen molar-refractivity contribution in [2.75, 3.05) is 72.8 Å². The van der Waals surface area contributed by atoms with E-state index in [4.69, 9.17) is 4.74 Å². The second-order valence-corrected chi connectivity index (χ2v) is 10.5. The summed E-state index contributed by atoms with van der Waals surface area (Å²) in [5.74, 6) is 0. The van der Waals surface area contributed by atoms with Crippen LogP contribution in [-0.4, -0.2) is 114 Å². The number of sulfonamides is 1. The van der Waals surface area contributed by atoms with E-state index in [-0.39, 0.29) is 12.6 Å². The average molecular weight is 385 g/mol. The summed E-state index contributed by atoms with van der Waals surface area (Å²) >= 11 is 0. The zero-order valence-corrected chi connectivity index (χ0v) is 16.2. The van der Waals surface area contributed by atoms with Gasteiger partial charge in [0.25, 0.3) is 10.2 Å². The first-order valence-corrected chi connectivity index (χ1v) is 11.3. The number of morpholine rings is 1. The van der Waals surface area contributed by atoms with E-state index in [1.807, 2.05) is 0 Å². The Morgan fingerprint density at radius 3 is 2.25 bits per heavy atom. The number of hydrogen-bond acceptors (Lipinski definition) is 6. The lowest BCUT2D eigenvalue weighted by Crippen LogP contribution is -2.48. The molecular formula is C13H28N4O5S2. The molecule has 11 heteroatoms. The summed E-state index contributed by atoms with van der Waals surface area (Å²) in [4.78, 5) is 2.17. The maximum atomic E-state index is 12.2. The van der Waals surface area contributed by atoms with Gasteiger partial charge in [0.05, 0.1) is 19.5 Å². The third kappa shape index (κ3) is 4.87. The van der Waals surface area contributed by atoms with Gasteiger partial charge < -0.3 is 4.74 Å². The van der Waals surface area contributed by atoms with Crippen LogP contribution in [0.3, 0.4) is 0 Å². The van der Waals surface area contributed by atoms with Gasteiger partial charge in [0.15, 0.2) is 0 Å². The minimum absolute atomic E-state index is 0.205. The number of rotatable bonds is 7. The molecule has 2 fully saturated rings. The van der Waals surface area contributed by atoms with Gasteiger partial charge in [-0.3, -0.25) is 4.90 Å². The molecule has 0 aromatic rings. The van der Waals surface area contributed by atoms with E-state index in [2.05, 4.69) is 4.90 Å². The van der Waals surface area contributed by atoms with Gasteiger partial charge in [-0.05, 0) is 6.42 Å². The molecule has 0 radical (unpaired) electrons. The van der Waals surface area contributed by atoms with E-state index in [1.54, 1.807) is 0 Å².